The summed E-state index contributed by atoms with van der Waals surface area (Å²) >= 11 is 0. The molecule has 0 spiro atoms. The van der Waals surface area contributed by atoms with Crippen molar-refractivity contribution in [2.75, 3.05) is 7.05 Å². The van der Waals surface area contributed by atoms with Gasteiger partial charge in [-0.1, -0.05) is 18.2 Å². The minimum absolute atomic E-state index is 0.00319. The Hall–Kier alpha value is -2.36. The fourth-order valence-electron chi connectivity index (χ4n) is 1.86. The van der Waals surface area contributed by atoms with E-state index in [2.05, 4.69) is 4.98 Å². The number of hydrogen-bond donors (Lipinski definition) is 1. The molecule has 0 unspecified atom stereocenters. The third-order valence-electron chi connectivity index (χ3n) is 2.83. The topological polar surface area (TPSA) is 53.4 Å². The molecule has 2 rings (SSSR count). The molecule has 0 radical (unpaired) electrons. The van der Waals surface area contributed by atoms with E-state index in [0.29, 0.717) is 12.1 Å². The number of para-hydroxylation sites is 1. The maximum Gasteiger partial charge on any atom is 0.257 e. The van der Waals surface area contributed by atoms with E-state index < -0.39 is 0 Å². The summed E-state index contributed by atoms with van der Waals surface area (Å²) in [5, 5.41) is 9.68. The number of aromatic hydroxyl groups is 1. The molecule has 4 heteroatoms. The summed E-state index contributed by atoms with van der Waals surface area (Å²) < 4.78 is 0. The largest absolute Gasteiger partial charge is 0.507 e. The van der Waals surface area contributed by atoms with Crippen LogP contribution in [-0.4, -0.2) is 27.9 Å². The van der Waals surface area contributed by atoms with E-state index in [4.69, 9.17) is 0 Å². The molecule has 2 aromatic rings. The van der Waals surface area contributed by atoms with Gasteiger partial charge >= 0.3 is 0 Å². The molecule has 19 heavy (non-hydrogen) atoms. The van der Waals surface area contributed by atoms with Gasteiger partial charge in [0.05, 0.1) is 17.8 Å². The lowest BCUT2D eigenvalue weighted by Crippen LogP contribution is -2.26. The zero-order chi connectivity index (χ0) is 13.8. The number of phenolic OH excluding ortho intramolecular Hbond substituents is 1. The first-order chi connectivity index (χ1) is 9.08. The molecule has 0 saturated carbocycles. The van der Waals surface area contributed by atoms with Gasteiger partial charge in [0.25, 0.3) is 5.91 Å². The Kier molecular flexibility index (Phi) is 3.80. The van der Waals surface area contributed by atoms with Gasteiger partial charge in [0.15, 0.2) is 0 Å². The minimum atomic E-state index is -0.221. The van der Waals surface area contributed by atoms with Crippen LogP contribution < -0.4 is 0 Å². The number of nitrogens with zero attached hydrogens (tertiary/aromatic N) is 2. The molecule has 0 bridgehead atoms. The summed E-state index contributed by atoms with van der Waals surface area (Å²) in [5.41, 5.74) is 2.05. The van der Waals surface area contributed by atoms with Gasteiger partial charge < -0.3 is 10.0 Å². The van der Waals surface area contributed by atoms with Crippen molar-refractivity contribution in [1.82, 2.24) is 9.88 Å². The highest BCUT2D eigenvalue weighted by Gasteiger charge is 2.15. The van der Waals surface area contributed by atoms with E-state index >= 15 is 0 Å². The summed E-state index contributed by atoms with van der Waals surface area (Å²) in [5.74, 6) is -0.224. The van der Waals surface area contributed by atoms with E-state index in [-0.39, 0.29) is 11.7 Å². The molecule has 0 aliphatic heterocycles. The highest BCUT2D eigenvalue weighted by molar-refractivity contribution is 5.96. The van der Waals surface area contributed by atoms with Crippen LogP contribution in [0.2, 0.25) is 0 Å². The number of carbonyl (C=O) groups is 1. The van der Waals surface area contributed by atoms with Gasteiger partial charge in [-0.2, -0.15) is 0 Å². The number of aryl methyl sites for hydroxylation is 1. The molecule has 0 atom stereocenters. The smallest absolute Gasteiger partial charge is 0.257 e. The Balaban J connectivity index is 2.14. The van der Waals surface area contributed by atoms with Gasteiger partial charge in [0.1, 0.15) is 5.75 Å². The first kappa shape index (κ1) is 13.1. The van der Waals surface area contributed by atoms with Gasteiger partial charge in [-0.25, -0.2) is 0 Å². The fourth-order valence-corrected chi connectivity index (χ4v) is 1.86. The summed E-state index contributed by atoms with van der Waals surface area (Å²) in [4.78, 5) is 18.1. The normalized spacial score (nSPS) is 10.2. The zero-order valence-electron chi connectivity index (χ0n) is 11.0. The van der Waals surface area contributed by atoms with E-state index in [0.717, 1.165) is 11.4 Å². The van der Waals surface area contributed by atoms with Crippen LogP contribution in [0.3, 0.4) is 0 Å². The predicted molar refractivity (Wildman–Crippen MR) is 72.9 cm³/mol. The van der Waals surface area contributed by atoms with Gasteiger partial charge in [-0.05, 0) is 31.2 Å². The maximum absolute atomic E-state index is 12.2. The molecule has 1 heterocycles. The number of benzene rings is 1. The van der Waals surface area contributed by atoms with E-state index in [1.165, 1.54) is 11.0 Å². The van der Waals surface area contributed by atoms with Gasteiger partial charge in [-0.15, -0.1) is 0 Å². The maximum atomic E-state index is 12.2. The first-order valence-electron chi connectivity index (χ1n) is 6.04. The lowest BCUT2D eigenvalue weighted by atomic mass is 10.1. The second kappa shape index (κ2) is 5.52. The third-order valence-corrected chi connectivity index (χ3v) is 2.83. The molecular formula is C15H16N2O2. The first-order valence-corrected chi connectivity index (χ1v) is 6.04. The minimum Gasteiger partial charge on any atom is -0.507 e. The van der Waals surface area contributed by atoms with Crippen LogP contribution >= 0.6 is 0 Å². The van der Waals surface area contributed by atoms with E-state index in [1.54, 1.807) is 25.2 Å². The average molecular weight is 256 g/mol. The van der Waals surface area contributed by atoms with Gasteiger partial charge in [-0.3, -0.25) is 9.78 Å². The van der Waals surface area contributed by atoms with Crippen molar-refractivity contribution >= 4 is 5.91 Å². The van der Waals surface area contributed by atoms with Crippen LogP contribution in [0, 0.1) is 6.92 Å². The van der Waals surface area contributed by atoms with Gasteiger partial charge in [0, 0.05) is 12.7 Å². The van der Waals surface area contributed by atoms with Crippen molar-refractivity contribution in [2.45, 2.75) is 13.5 Å². The Labute approximate surface area is 112 Å². The Morgan fingerprint density at radius 1 is 1.21 bits per heavy atom. The SMILES string of the molecule is Cc1cccc(CN(C)C(=O)c2ccccc2O)n1. The average Bonchev–Trinajstić information content (AvgIpc) is 2.38. The quantitative estimate of drug-likeness (QED) is 0.917. The zero-order valence-corrected chi connectivity index (χ0v) is 11.0. The monoisotopic (exact) mass is 256 g/mol. The number of hydrogen-bond acceptors (Lipinski definition) is 3. The van der Waals surface area contributed by atoms with Crippen LogP contribution in [0.4, 0.5) is 0 Å². The molecule has 4 nitrogen and oxygen atoms in total. The van der Waals surface area contributed by atoms with Crippen molar-refractivity contribution in [3.05, 3.63) is 59.4 Å². The number of aromatic nitrogens is 1. The van der Waals surface area contributed by atoms with Crippen LogP contribution in [0.5, 0.6) is 5.75 Å². The predicted octanol–water partition coefficient (Wildman–Crippen LogP) is 2.37. The van der Waals surface area contributed by atoms with Crippen LogP contribution in [-0.2, 0) is 6.54 Å². The summed E-state index contributed by atoms with van der Waals surface area (Å²) in [6.07, 6.45) is 0. The number of carbonyl (C=O) groups excluding carboxylic acids is 1. The lowest BCUT2D eigenvalue weighted by Gasteiger charge is -2.17. The van der Waals surface area contributed by atoms with Crippen molar-refractivity contribution < 1.29 is 9.90 Å². The number of amides is 1. The second-order valence-electron chi connectivity index (χ2n) is 4.45. The molecule has 1 aromatic carbocycles. The molecule has 98 valence electrons. The third kappa shape index (κ3) is 3.10. The highest BCUT2D eigenvalue weighted by Crippen LogP contribution is 2.18. The van der Waals surface area contributed by atoms with Crippen LogP contribution in [0.25, 0.3) is 0 Å². The second-order valence-corrected chi connectivity index (χ2v) is 4.45. The van der Waals surface area contributed by atoms with Crippen LogP contribution in [0.1, 0.15) is 21.7 Å². The molecule has 0 aliphatic carbocycles. The van der Waals surface area contributed by atoms with Gasteiger partial charge in [0.2, 0.25) is 0 Å². The van der Waals surface area contributed by atoms with E-state index in [9.17, 15) is 9.90 Å². The highest BCUT2D eigenvalue weighted by atomic mass is 16.3. The Morgan fingerprint density at radius 3 is 2.63 bits per heavy atom. The van der Waals surface area contributed by atoms with Crippen molar-refractivity contribution in [1.29, 1.82) is 0 Å². The lowest BCUT2D eigenvalue weighted by molar-refractivity contribution is 0.0780. The summed E-state index contributed by atoms with van der Waals surface area (Å²) in [6, 6.07) is 12.2. The molecule has 0 aliphatic rings. The summed E-state index contributed by atoms with van der Waals surface area (Å²) in [6.45, 7) is 2.32. The standard InChI is InChI=1S/C15H16N2O2/c1-11-6-5-7-12(16-11)10-17(2)15(19)13-8-3-4-9-14(13)18/h3-9,18H,10H2,1-2H3. The number of phenols is 1. The number of rotatable bonds is 3. The fraction of sp³-hybridized carbons (Fsp3) is 0.200. The molecule has 0 saturated heterocycles. The van der Waals surface area contributed by atoms with Crippen molar-refractivity contribution in [2.24, 2.45) is 0 Å². The molecule has 1 aromatic heterocycles. The van der Waals surface area contributed by atoms with Crippen molar-refractivity contribution in [3.63, 3.8) is 0 Å². The molecule has 1 N–H and O–H groups in total. The summed E-state index contributed by atoms with van der Waals surface area (Å²) in [7, 11) is 1.69. The molecule has 1 amide bonds. The van der Waals surface area contributed by atoms with E-state index in [1.807, 2.05) is 25.1 Å². The Morgan fingerprint density at radius 2 is 1.95 bits per heavy atom. The van der Waals surface area contributed by atoms with Crippen molar-refractivity contribution in [3.8, 4) is 5.75 Å². The number of pyridine rings is 1. The molecule has 0 fully saturated rings. The molecular weight excluding hydrogens is 240 g/mol. The van der Waals surface area contributed by atoms with Crippen LogP contribution in [0.15, 0.2) is 42.5 Å². The Bertz CT molecular complexity index is 596.